The van der Waals surface area contributed by atoms with Gasteiger partial charge in [0, 0.05) is 37.9 Å². The van der Waals surface area contributed by atoms with Crippen LogP contribution in [0.4, 0.5) is 4.79 Å². The van der Waals surface area contributed by atoms with Crippen LogP contribution in [0.1, 0.15) is 43.7 Å². The summed E-state index contributed by atoms with van der Waals surface area (Å²) in [5.74, 6) is 0.0687. The predicted octanol–water partition coefficient (Wildman–Crippen LogP) is 3.51. The van der Waals surface area contributed by atoms with E-state index in [0.717, 1.165) is 48.2 Å². The zero-order valence-corrected chi connectivity index (χ0v) is 17.8. The van der Waals surface area contributed by atoms with Gasteiger partial charge in [0.15, 0.2) is 0 Å². The van der Waals surface area contributed by atoms with Crippen LogP contribution in [0.15, 0.2) is 36.7 Å². The molecule has 7 heteroatoms. The minimum atomic E-state index is -0.264. The van der Waals surface area contributed by atoms with Gasteiger partial charge < -0.3 is 15.0 Å². The molecule has 7 nitrogen and oxygen atoms in total. The molecule has 1 aliphatic rings. The highest BCUT2D eigenvalue weighted by Crippen LogP contribution is 2.18. The molecule has 0 aromatic carbocycles. The lowest BCUT2D eigenvalue weighted by atomic mass is 10.0. The molecular formula is C23H30N4O3. The first-order valence-electron chi connectivity index (χ1n) is 10.6. The van der Waals surface area contributed by atoms with Crippen LogP contribution >= 0.6 is 0 Å². The van der Waals surface area contributed by atoms with Crippen molar-refractivity contribution in [3.8, 4) is 11.4 Å². The van der Waals surface area contributed by atoms with Crippen molar-refractivity contribution in [1.29, 1.82) is 0 Å². The van der Waals surface area contributed by atoms with E-state index in [1.807, 2.05) is 31.2 Å². The summed E-state index contributed by atoms with van der Waals surface area (Å²) in [4.78, 5) is 34.6. The molecule has 0 unspecified atom stereocenters. The number of rotatable bonds is 7. The topological polar surface area (TPSA) is 84.4 Å². The Hall–Kier alpha value is -2.96. The van der Waals surface area contributed by atoms with E-state index in [2.05, 4.69) is 15.3 Å². The van der Waals surface area contributed by atoms with Crippen molar-refractivity contribution in [2.75, 3.05) is 19.7 Å². The number of likely N-dealkylation sites (tertiary alicyclic amines) is 1. The normalized spacial score (nSPS) is 14.4. The van der Waals surface area contributed by atoms with Gasteiger partial charge in [-0.2, -0.15) is 0 Å². The molecule has 0 saturated carbocycles. The number of piperidine rings is 1. The Morgan fingerprint density at radius 1 is 1.13 bits per heavy atom. The second-order valence-electron chi connectivity index (χ2n) is 7.65. The first-order chi connectivity index (χ1) is 14.5. The fourth-order valence-corrected chi connectivity index (χ4v) is 3.62. The van der Waals surface area contributed by atoms with E-state index in [1.165, 1.54) is 0 Å². The summed E-state index contributed by atoms with van der Waals surface area (Å²) < 4.78 is 5.03. The molecule has 0 aliphatic carbocycles. The molecule has 3 heterocycles. The molecule has 0 radical (unpaired) electrons. The van der Waals surface area contributed by atoms with Gasteiger partial charge in [0.1, 0.15) is 0 Å². The van der Waals surface area contributed by atoms with E-state index < -0.39 is 0 Å². The number of pyridine rings is 2. The van der Waals surface area contributed by atoms with Gasteiger partial charge >= 0.3 is 6.09 Å². The van der Waals surface area contributed by atoms with Crippen LogP contribution in [0.5, 0.6) is 0 Å². The minimum absolute atomic E-state index is 0.0687. The number of carbonyl (C=O) groups excluding carboxylic acids is 2. The Bertz CT molecular complexity index is 863. The number of aryl methyl sites for hydroxylation is 2. The molecule has 1 fully saturated rings. The fraction of sp³-hybridized carbons (Fsp3) is 0.478. The van der Waals surface area contributed by atoms with Gasteiger partial charge in [0.2, 0.25) is 5.91 Å². The molecule has 30 heavy (non-hydrogen) atoms. The van der Waals surface area contributed by atoms with Gasteiger partial charge in [-0.15, -0.1) is 0 Å². The molecule has 1 saturated heterocycles. The molecule has 160 valence electrons. The summed E-state index contributed by atoms with van der Waals surface area (Å²) in [5, 5.41) is 3.10. The summed E-state index contributed by atoms with van der Waals surface area (Å²) in [7, 11) is 0. The van der Waals surface area contributed by atoms with E-state index in [4.69, 9.17) is 4.74 Å². The molecule has 2 aromatic heterocycles. The van der Waals surface area contributed by atoms with Gasteiger partial charge in [0.05, 0.1) is 18.0 Å². The minimum Gasteiger partial charge on any atom is -0.450 e. The van der Waals surface area contributed by atoms with Crippen LogP contribution in [0, 0.1) is 6.92 Å². The molecule has 0 atom stereocenters. The highest BCUT2D eigenvalue weighted by Gasteiger charge is 2.24. The Labute approximate surface area is 177 Å². The smallest absolute Gasteiger partial charge is 0.409 e. The average molecular weight is 411 g/mol. The zero-order valence-electron chi connectivity index (χ0n) is 17.8. The van der Waals surface area contributed by atoms with Gasteiger partial charge in [-0.1, -0.05) is 0 Å². The van der Waals surface area contributed by atoms with Crippen molar-refractivity contribution in [3.63, 3.8) is 0 Å². The third-order valence-corrected chi connectivity index (χ3v) is 5.26. The van der Waals surface area contributed by atoms with E-state index in [1.54, 1.807) is 24.2 Å². The lowest BCUT2D eigenvalue weighted by Crippen LogP contribution is -2.46. The van der Waals surface area contributed by atoms with Gasteiger partial charge in [-0.05, 0) is 74.9 Å². The lowest BCUT2D eigenvalue weighted by Gasteiger charge is -2.31. The van der Waals surface area contributed by atoms with Crippen molar-refractivity contribution in [3.05, 3.63) is 47.8 Å². The van der Waals surface area contributed by atoms with Gasteiger partial charge in [-0.25, -0.2) is 4.79 Å². The largest absolute Gasteiger partial charge is 0.450 e. The second kappa shape index (κ2) is 10.7. The Kier molecular flexibility index (Phi) is 7.76. The SMILES string of the molecule is CCOC(=O)N1CCC(NC(=O)CCCc2ccnc(-c3cc(C)ccn3)c2)CC1. The number of carbonyl (C=O) groups is 2. The van der Waals surface area contributed by atoms with Gasteiger partial charge in [-0.3, -0.25) is 14.8 Å². The molecule has 0 bridgehead atoms. The maximum Gasteiger partial charge on any atom is 0.409 e. The van der Waals surface area contributed by atoms with Crippen molar-refractivity contribution in [1.82, 2.24) is 20.2 Å². The standard InChI is InChI=1S/C23H30N4O3/c1-3-30-23(29)27-13-9-19(10-14-27)26-22(28)6-4-5-18-8-12-25-21(16-18)20-15-17(2)7-11-24-20/h7-8,11-12,15-16,19H,3-6,9-10,13-14H2,1-2H3,(H,26,28). The van der Waals surface area contributed by atoms with E-state index in [9.17, 15) is 9.59 Å². The van der Waals surface area contributed by atoms with Crippen molar-refractivity contribution >= 4 is 12.0 Å². The highest BCUT2D eigenvalue weighted by atomic mass is 16.6. The monoisotopic (exact) mass is 410 g/mol. The maximum absolute atomic E-state index is 12.3. The number of hydrogen-bond acceptors (Lipinski definition) is 5. The third-order valence-electron chi connectivity index (χ3n) is 5.26. The lowest BCUT2D eigenvalue weighted by molar-refractivity contribution is -0.122. The molecule has 2 amide bonds. The number of amides is 2. The summed E-state index contributed by atoms with van der Waals surface area (Å²) in [6.07, 6.45) is 6.93. The average Bonchev–Trinajstić information content (AvgIpc) is 2.75. The van der Waals surface area contributed by atoms with Gasteiger partial charge in [0.25, 0.3) is 0 Å². The van der Waals surface area contributed by atoms with Crippen molar-refractivity contribution in [2.24, 2.45) is 0 Å². The molecular weight excluding hydrogens is 380 g/mol. The van der Waals surface area contributed by atoms with Crippen LogP contribution in [-0.4, -0.2) is 52.6 Å². The number of nitrogens with one attached hydrogen (secondary N) is 1. The molecule has 1 aliphatic heterocycles. The van der Waals surface area contributed by atoms with E-state index in [-0.39, 0.29) is 18.0 Å². The van der Waals surface area contributed by atoms with Crippen molar-refractivity contribution < 1.29 is 14.3 Å². The number of aromatic nitrogens is 2. The van der Waals surface area contributed by atoms with Crippen molar-refractivity contribution in [2.45, 2.75) is 52.0 Å². The van der Waals surface area contributed by atoms with E-state index >= 15 is 0 Å². The first-order valence-corrected chi connectivity index (χ1v) is 10.6. The summed E-state index contributed by atoms with van der Waals surface area (Å²) in [5.41, 5.74) is 4.02. The Morgan fingerprint density at radius 3 is 2.53 bits per heavy atom. The summed E-state index contributed by atoms with van der Waals surface area (Å²) in [6, 6.07) is 8.15. The summed E-state index contributed by atoms with van der Waals surface area (Å²) in [6.45, 7) is 5.47. The highest BCUT2D eigenvalue weighted by molar-refractivity contribution is 5.76. The first kappa shape index (κ1) is 21.7. The van der Waals surface area contributed by atoms with Crippen LogP contribution in [0.2, 0.25) is 0 Å². The molecule has 1 N–H and O–H groups in total. The summed E-state index contributed by atoms with van der Waals surface area (Å²) >= 11 is 0. The number of hydrogen-bond donors (Lipinski definition) is 1. The maximum atomic E-state index is 12.3. The quantitative estimate of drug-likeness (QED) is 0.755. The van der Waals surface area contributed by atoms with Crippen LogP contribution in [0.25, 0.3) is 11.4 Å². The Balaban J connectivity index is 1.41. The number of ether oxygens (including phenoxy) is 1. The van der Waals surface area contributed by atoms with Crippen LogP contribution < -0.4 is 5.32 Å². The Morgan fingerprint density at radius 2 is 1.83 bits per heavy atom. The third kappa shape index (κ3) is 6.27. The van der Waals surface area contributed by atoms with E-state index in [0.29, 0.717) is 26.1 Å². The fourth-order valence-electron chi connectivity index (χ4n) is 3.62. The van der Waals surface area contributed by atoms with Crippen LogP contribution in [0.3, 0.4) is 0 Å². The molecule has 3 rings (SSSR count). The second-order valence-corrected chi connectivity index (χ2v) is 7.65. The molecule has 2 aromatic rings. The predicted molar refractivity (Wildman–Crippen MR) is 115 cm³/mol. The van der Waals surface area contributed by atoms with Crippen LogP contribution in [-0.2, 0) is 16.0 Å². The molecule has 0 spiro atoms. The number of nitrogens with zero attached hydrogens (tertiary/aromatic N) is 3. The zero-order chi connectivity index (χ0) is 21.3.